The molecule has 0 radical (unpaired) electrons. The van der Waals surface area contributed by atoms with Crippen LogP contribution in [0.15, 0.2) is 53.7 Å². The van der Waals surface area contributed by atoms with Crippen LogP contribution in [0.3, 0.4) is 0 Å². The molecule has 0 aliphatic carbocycles. The Labute approximate surface area is 163 Å². The summed E-state index contributed by atoms with van der Waals surface area (Å²) in [6, 6.07) is 13.4. The molecule has 0 saturated carbocycles. The molecule has 140 valence electrons. The second-order valence-electron chi connectivity index (χ2n) is 6.67. The first-order valence-electron chi connectivity index (χ1n) is 8.94. The number of fused-ring (bicyclic) bond motifs is 1. The number of hydrogen-bond donors (Lipinski definition) is 2. The number of Topliss-reactive ketones (excluding diaryl/α,β-unsaturated/α-hetero) is 1. The van der Waals surface area contributed by atoms with E-state index in [-0.39, 0.29) is 12.5 Å². The van der Waals surface area contributed by atoms with Crippen molar-refractivity contribution < 1.29 is 14.3 Å². The van der Waals surface area contributed by atoms with E-state index < -0.39 is 17.8 Å². The molecule has 2 aromatic rings. The maximum atomic E-state index is 12.9. The number of ether oxygens (including phenoxy) is 1. The van der Waals surface area contributed by atoms with Crippen LogP contribution in [0.4, 0.5) is 0 Å². The minimum absolute atomic E-state index is 0.0126. The van der Waals surface area contributed by atoms with E-state index in [9.17, 15) is 9.59 Å². The Balaban J connectivity index is 2.14. The van der Waals surface area contributed by atoms with Crippen molar-refractivity contribution in [2.75, 3.05) is 6.61 Å². The summed E-state index contributed by atoms with van der Waals surface area (Å²) in [5.74, 6) is -1.52. The summed E-state index contributed by atoms with van der Waals surface area (Å²) < 4.78 is 4.96. The number of thiocarbonyl (C=S) groups is 1. The minimum Gasteiger partial charge on any atom is -0.460 e. The summed E-state index contributed by atoms with van der Waals surface area (Å²) in [6.07, 6.45) is 0. The van der Waals surface area contributed by atoms with Crippen molar-refractivity contribution in [1.82, 2.24) is 10.6 Å². The van der Waals surface area contributed by atoms with Gasteiger partial charge in [0.25, 0.3) is 5.78 Å². The first kappa shape index (κ1) is 19.0. The van der Waals surface area contributed by atoms with Crippen molar-refractivity contribution in [1.29, 1.82) is 0 Å². The van der Waals surface area contributed by atoms with Gasteiger partial charge in [0.15, 0.2) is 5.11 Å². The maximum Gasteiger partial charge on any atom is 0.379 e. The Morgan fingerprint density at radius 1 is 1.15 bits per heavy atom. The highest BCUT2D eigenvalue weighted by atomic mass is 32.1. The van der Waals surface area contributed by atoms with Gasteiger partial charge in [0.1, 0.15) is 0 Å². The van der Waals surface area contributed by atoms with Gasteiger partial charge < -0.3 is 15.4 Å². The van der Waals surface area contributed by atoms with E-state index in [0.717, 1.165) is 16.3 Å². The Hall–Kier alpha value is -2.73. The smallest absolute Gasteiger partial charge is 0.379 e. The lowest BCUT2D eigenvalue weighted by Gasteiger charge is -2.32. The van der Waals surface area contributed by atoms with Crippen molar-refractivity contribution in [3.8, 4) is 0 Å². The molecule has 27 heavy (non-hydrogen) atoms. The highest BCUT2D eigenvalue weighted by Crippen LogP contribution is 2.32. The summed E-state index contributed by atoms with van der Waals surface area (Å²) in [6.45, 7) is 5.73. The number of rotatable bonds is 5. The Morgan fingerprint density at radius 3 is 2.52 bits per heavy atom. The van der Waals surface area contributed by atoms with Gasteiger partial charge >= 0.3 is 5.97 Å². The summed E-state index contributed by atoms with van der Waals surface area (Å²) in [5, 5.41) is 8.78. The first-order valence-corrected chi connectivity index (χ1v) is 9.35. The van der Waals surface area contributed by atoms with Gasteiger partial charge in [-0.05, 0) is 47.5 Å². The number of esters is 1. The molecule has 1 heterocycles. The quantitative estimate of drug-likeness (QED) is 0.469. The highest BCUT2D eigenvalue weighted by Gasteiger charge is 2.36. The third-order valence-electron chi connectivity index (χ3n) is 4.49. The van der Waals surface area contributed by atoms with Crippen LogP contribution >= 0.6 is 12.2 Å². The molecule has 0 saturated heterocycles. The Morgan fingerprint density at radius 2 is 1.85 bits per heavy atom. The number of carbonyl (C=O) groups is 2. The summed E-state index contributed by atoms with van der Waals surface area (Å²) >= 11 is 5.35. The number of carbonyl (C=O) groups excluding carboxylic acids is 2. The molecule has 2 aromatic carbocycles. The molecule has 1 aliphatic heterocycles. The van der Waals surface area contributed by atoms with Gasteiger partial charge in [0.2, 0.25) is 0 Å². The maximum absolute atomic E-state index is 12.9. The SMILES string of the molecule is CCOC(=O)C(=O)C1=C(C(C)C)NC(=S)N[C@@H]1c1ccc2ccccc2c1. The van der Waals surface area contributed by atoms with Crippen molar-refractivity contribution in [3.05, 3.63) is 59.3 Å². The molecular formula is C21H22N2O3S. The lowest BCUT2D eigenvalue weighted by Crippen LogP contribution is -2.47. The van der Waals surface area contributed by atoms with Crippen LogP contribution in [0.5, 0.6) is 0 Å². The Kier molecular flexibility index (Phi) is 5.56. The van der Waals surface area contributed by atoms with E-state index >= 15 is 0 Å². The van der Waals surface area contributed by atoms with Gasteiger partial charge in [-0.2, -0.15) is 0 Å². The van der Waals surface area contributed by atoms with Crippen LogP contribution in [0, 0.1) is 5.92 Å². The van der Waals surface area contributed by atoms with Crippen molar-refractivity contribution in [2.45, 2.75) is 26.8 Å². The van der Waals surface area contributed by atoms with E-state index in [1.165, 1.54) is 0 Å². The van der Waals surface area contributed by atoms with Crippen LogP contribution in [0.2, 0.25) is 0 Å². The van der Waals surface area contributed by atoms with E-state index in [0.29, 0.717) is 16.4 Å². The van der Waals surface area contributed by atoms with E-state index in [4.69, 9.17) is 17.0 Å². The fourth-order valence-corrected chi connectivity index (χ4v) is 3.47. The van der Waals surface area contributed by atoms with Gasteiger partial charge in [0.05, 0.1) is 18.2 Å². The molecule has 1 aliphatic rings. The molecule has 0 amide bonds. The van der Waals surface area contributed by atoms with E-state index in [1.807, 2.05) is 56.3 Å². The summed E-state index contributed by atoms with van der Waals surface area (Å²) in [7, 11) is 0. The third-order valence-corrected chi connectivity index (χ3v) is 4.71. The lowest BCUT2D eigenvalue weighted by molar-refractivity contribution is -0.152. The molecular weight excluding hydrogens is 360 g/mol. The summed E-state index contributed by atoms with van der Waals surface area (Å²) in [5.41, 5.74) is 1.87. The normalized spacial score (nSPS) is 16.9. The van der Waals surface area contributed by atoms with Gasteiger partial charge in [-0.25, -0.2) is 4.79 Å². The molecule has 5 nitrogen and oxygen atoms in total. The first-order chi connectivity index (χ1) is 12.9. The van der Waals surface area contributed by atoms with Crippen molar-refractivity contribution in [3.63, 3.8) is 0 Å². The van der Waals surface area contributed by atoms with Crippen LogP contribution in [-0.4, -0.2) is 23.5 Å². The number of benzene rings is 2. The fourth-order valence-electron chi connectivity index (χ4n) is 3.24. The highest BCUT2D eigenvalue weighted by molar-refractivity contribution is 7.80. The molecule has 2 N–H and O–H groups in total. The molecule has 0 bridgehead atoms. The molecule has 3 rings (SSSR count). The number of ketones is 1. The minimum atomic E-state index is -0.854. The zero-order valence-electron chi connectivity index (χ0n) is 15.5. The van der Waals surface area contributed by atoms with Gasteiger partial charge in [-0.15, -0.1) is 0 Å². The second-order valence-corrected chi connectivity index (χ2v) is 7.08. The van der Waals surface area contributed by atoms with Crippen LogP contribution in [-0.2, 0) is 14.3 Å². The largest absolute Gasteiger partial charge is 0.460 e. The van der Waals surface area contributed by atoms with E-state index in [1.54, 1.807) is 6.92 Å². The van der Waals surface area contributed by atoms with Gasteiger partial charge in [-0.1, -0.05) is 50.2 Å². The average Bonchev–Trinajstić information content (AvgIpc) is 2.66. The number of hydrogen-bond acceptors (Lipinski definition) is 4. The monoisotopic (exact) mass is 382 g/mol. The molecule has 0 spiro atoms. The van der Waals surface area contributed by atoms with Crippen molar-refractivity contribution >= 4 is 39.9 Å². The predicted octanol–water partition coefficient (Wildman–Crippen LogP) is 3.40. The Bertz CT molecular complexity index is 949. The molecule has 0 unspecified atom stereocenters. The van der Waals surface area contributed by atoms with Gasteiger partial charge in [-0.3, -0.25) is 4.79 Å². The lowest BCUT2D eigenvalue weighted by atomic mass is 9.88. The zero-order valence-corrected chi connectivity index (χ0v) is 16.4. The molecule has 6 heteroatoms. The molecule has 1 atom stereocenters. The molecule has 0 fully saturated rings. The van der Waals surface area contributed by atoms with Crippen LogP contribution in [0.1, 0.15) is 32.4 Å². The van der Waals surface area contributed by atoms with Crippen LogP contribution in [0.25, 0.3) is 10.8 Å². The van der Waals surface area contributed by atoms with Crippen LogP contribution < -0.4 is 10.6 Å². The number of nitrogens with one attached hydrogen (secondary N) is 2. The molecule has 0 aromatic heterocycles. The zero-order chi connectivity index (χ0) is 19.6. The second kappa shape index (κ2) is 7.88. The average molecular weight is 382 g/mol. The fraction of sp³-hybridized carbons (Fsp3) is 0.286. The predicted molar refractivity (Wildman–Crippen MR) is 109 cm³/mol. The topological polar surface area (TPSA) is 67.4 Å². The standard InChI is InChI=1S/C21H22N2O3S/c1-4-26-20(25)19(24)16-17(12(2)3)22-21(27)23-18(16)15-10-9-13-7-5-6-8-14(13)11-15/h5-12,18H,4H2,1-3H3,(H2,22,23,27)/t18-/m1/s1. The van der Waals surface area contributed by atoms with Gasteiger partial charge in [0, 0.05) is 5.70 Å². The number of allylic oxidation sites excluding steroid dienone is 1. The van der Waals surface area contributed by atoms with E-state index in [2.05, 4.69) is 10.6 Å². The summed E-state index contributed by atoms with van der Waals surface area (Å²) in [4.78, 5) is 25.1. The van der Waals surface area contributed by atoms with Crippen molar-refractivity contribution in [2.24, 2.45) is 5.92 Å². The third kappa shape index (κ3) is 3.85.